The lowest BCUT2D eigenvalue weighted by Crippen LogP contribution is -2.37. The zero-order valence-electron chi connectivity index (χ0n) is 16.4. The number of ketones is 2. The molecule has 2 atom stereocenters. The molecule has 8 heteroatoms. The van der Waals surface area contributed by atoms with E-state index in [4.69, 9.17) is 0 Å². The first-order valence-corrected chi connectivity index (χ1v) is 9.80. The molecular weight excluding hydrogens is 400 g/mol. The van der Waals surface area contributed by atoms with Crippen LogP contribution in [-0.2, 0) is 9.59 Å². The normalized spacial score (nSPS) is 23.2. The second-order valence-corrected chi connectivity index (χ2v) is 7.81. The quantitative estimate of drug-likeness (QED) is 0.408. The second kappa shape index (κ2) is 8.06. The smallest absolute Gasteiger partial charge is 0.270 e. The molecule has 0 N–H and O–H groups in total. The minimum atomic E-state index is -0.492. The van der Waals surface area contributed by atoms with Crippen molar-refractivity contribution in [2.45, 2.75) is 19.3 Å². The van der Waals surface area contributed by atoms with Crippen molar-refractivity contribution in [2.75, 3.05) is 0 Å². The third-order valence-corrected chi connectivity index (χ3v) is 5.72. The molecule has 2 unspecified atom stereocenters. The number of non-ortho nitro benzene ring substituents is 2. The molecule has 156 valence electrons. The van der Waals surface area contributed by atoms with E-state index in [-0.39, 0.29) is 47.6 Å². The summed E-state index contributed by atoms with van der Waals surface area (Å²) in [5.41, 5.74) is 2.00. The predicted molar refractivity (Wildman–Crippen MR) is 113 cm³/mol. The number of benzene rings is 2. The van der Waals surface area contributed by atoms with E-state index in [0.717, 1.165) is 0 Å². The first-order chi connectivity index (χ1) is 14.8. The van der Waals surface area contributed by atoms with Crippen LogP contribution in [0.4, 0.5) is 11.4 Å². The monoisotopic (exact) mass is 418 g/mol. The number of nitro benzene ring substituents is 2. The maximum absolute atomic E-state index is 13.0. The van der Waals surface area contributed by atoms with Crippen molar-refractivity contribution in [1.82, 2.24) is 0 Å². The summed E-state index contributed by atoms with van der Waals surface area (Å²) in [6.45, 7) is 0. The van der Waals surface area contributed by atoms with Crippen molar-refractivity contribution in [1.29, 1.82) is 0 Å². The third-order valence-electron chi connectivity index (χ3n) is 5.72. The molecule has 4 rings (SSSR count). The molecule has 8 nitrogen and oxygen atoms in total. The van der Waals surface area contributed by atoms with Crippen molar-refractivity contribution in [3.8, 4) is 0 Å². The Balaban J connectivity index is 1.61. The summed E-state index contributed by atoms with van der Waals surface area (Å²) in [5.74, 6) is -0.793. The number of fused-ring (bicyclic) bond motifs is 2. The fourth-order valence-corrected chi connectivity index (χ4v) is 4.28. The van der Waals surface area contributed by atoms with E-state index in [2.05, 4.69) is 0 Å². The standard InChI is InChI=1S/C23H18N2O6/c26-22-16(7-14-3-1-5-20(9-14)24(28)29)11-18-13-19(22)12-17(23(18)27)8-15-4-2-6-21(10-15)25(30)31/h1-10,18-19H,11-13H2/b16-7+,17-8+. The lowest BCUT2D eigenvalue weighted by molar-refractivity contribution is -0.385. The summed E-state index contributed by atoms with van der Waals surface area (Å²) in [6.07, 6.45) is 4.32. The van der Waals surface area contributed by atoms with Gasteiger partial charge in [-0.3, -0.25) is 29.8 Å². The minimum absolute atomic E-state index is 0.0554. The van der Waals surface area contributed by atoms with Gasteiger partial charge >= 0.3 is 0 Å². The molecule has 0 amide bonds. The molecular formula is C23H18N2O6. The highest BCUT2D eigenvalue weighted by molar-refractivity contribution is 6.10. The molecule has 0 spiro atoms. The van der Waals surface area contributed by atoms with Gasteiger partial charge in [-0.15, -0.1) is 0 Å². The maximum Gasteiger partial charge on any atom is 0.270 e. The summed E-state index contributed by atoms with van der Waals surface area (Å²) in [5, 5.41) is 22.0. The van der Waals surface area contributed by atoms with Crippen molar-refractivity contribution < 1.29 is 19.4 Å². The number of carbonyl (C=O) groups is 2. The molecule has 0 saturated heterocycles. The maximum atomic E-state index is 13.0. The molecule has 2 fully saturated rings. The van der Waals surface area contributed by atoms with Gasteiger partial charge in [0, 0.05) is 36.1 Å². The van der Waals surface area contributed by atoms with E-state index < -0.39 is 9.85 Å². The summed E-state index contributed by atoms with van der Waals surface area (Å²) in [6, 6.07) is 12.1. The van der Waals surface area contributed by atoms with Crippen LogP contribution in [0, 0.1) is 32.1 Å². The second-order valence-electron chi connectivity index (χ2n) is 7.81. The number of allylic oxidation sites excluding steroid dienone is 2. The van der Waals surface area contributed by atoms with E-state index in [1.54, 1.807) is 36.4 Å². The molecule has 2 aliphatic rings. The minimum Gasteiger partial charge on any atom is -0.294 e. The molecule has 2 bridgehead atoms. The summed E-state index contributed by atoms with van der Waals surface area (Å²) >= 11 is 0. The van der Waals surface area contributed by atoms with Gasteiger partial charge in [0.25, 0.3) is 11.4 Å². The average molecular weight is 418 g/mol. The molecule has 0 heterocycles. The van der Waals surface area contributed by atoms with Gasteiger partial charge in [0.2, 0.25) is 0 Å². The van der Waals surface area contributed by atoms with Crippen LogP contribution in [0.5, 0.6) is 0 Å². The van der Waals surface area contributed by atoms with Gasteiger partial charge in [-0.1, -0.05) is 24.3 Å². The van der Waals surface area contributed by atoms with E-state index >= 15 is 0 Å². The first kappa shape index (κ1) is 20.3. The van der Waals surface area contributed by atoms with Crippen LogP contribution in [0.15, 0.2) is 59.7 Å². The number of nitrogens with zero attached hydrogens (tertiary/aromatic N) is 2. The average Bonchev–Trinajstić information content (AvgIpc) is 2.75. The molecule has 0 radical (unpaired) electrons. The van der Waals surface area contributed by atoms with E-state index in [1.807, 2.05) is 0 Å². The summed E-state index contributed by atoms with van der Waals surface area (Å²) in [7, 11) is 0. The number of hydrogen-bond donors (Lipinski definition) is 0. The Labute approximate surface area is 177 Å². The van der Waals surface area contributed by atoms with Crippen LogP contribution in [0.25, 0.3) is 12.2 Å². The first-order valence-electron chi connectivity index (χ1n) is 9.80. The highest BCUT2D eigenvalue weighted by Crippen LogP contribution is 2.42. The largest absolute Gasteiger partial charge is 0.294 e. The Hall–Kier alpha value is -3.94. The van der Waals surface area contributed by atoms with Crippen molar-refractivity contribution in [2.24, 2.45) is 11.8 Å². The Morgan fingerprint density at radius 1 is 0.742 bits per heavy atom. The summed E-state index contributed by atoms with van der Waals surface area (Å²) < 4.78 is 0. The topological polar surface area (TPSA) is 120 Å². The number of rotatable bonds is 4. The predicted octanol–water partition coefficient (Wildman–Crippen LogP) is 4.54. The molecule has 2 saturated carbocycles. The van der Waals surface area contributed by atoms with Crippen molar-refractivity contribution >= 4 is 35.1 Å². The van der Waals surface area contributed by atoms with Crippen LogP contribution < -0.4 is 0 Å². The fraction of sp³-hybridized carbons (Fsp3) is 0.217. The van der Waals surface area contributed by atoms with Crippen LogP contribution in [0.2, 0.25) is 0 Å². The van der Waals surface area contributed by atoms with Gasteiger partial charge < -0.3 is 0 Å². The van der Waals surface area contributed by atoms with Gasteiger partial charge in [-0.2, -0.15) is 0 Å². The lowest BCUT2D eigenvalue weighted by atomic mass is 9.66. The molecule has 2 aromatic rings. The van der Waals surface area contributed by atoms with E-state index in [9.17, 15) is 29.8 Å². The number of Topliss-reactive ketones (excluding diaryl/α,β-unsaturated/α-hetero) is 2. The Morgan fingerprint density at radius 2 is 1.16 bits per heavy atom. The zero-order valence-corrected chi connectivity index (χ0v) is 16.4. The van der Waals surface area contributed by atoms with Crippen molar-refractivity contribution in [3.63, 3.8) is 0 Å². The molecule has 0 aromatic heterocycles. The highest BCUT2D eigenvalue weighted by atomic mass is 16.6. The van der Waals surface area contributed by atoms with Gasteiger partial charge in [-0.25, -0.2) is 0 Å². The Kier molecular flexibility index (Phi) is 5.29. The summed E-state index contributed by atoms with van der Waals surface area (Å²) in [4.78, 5) is 46.9. The van der Waals surface area contributed by atoms with Crippen molar-refractivity contribution in [3.05, 3.63) is 91.0 Å². The highest BCUT2D eigenvalue weighted by Gasteiger charge is 2.41. The van der Waals surface area contributed by atoms with Gasteiger partial charge in [-0.05, 0) is 53.7 Å². The number of carbonyl (C=O) groups excluding carboxylic acids is 2. The molecule has 2 aliphatic carbocycles. The van der Waals surface area contributed by atoms with Crippen LogP contribution >= 0.6 is 0 Å². The molecule has 2 aromatic carbocycles. The Morgan fingerprint density at radius 3 is 1.55 bits per heavy atom. The van der Waals surface area contributed by atoms with Crippen LogP contribution in [0.1, 0.15) is 30.4 Å². The van der Waals surface area contributed by atoms with E-state index in [1.165, 1.54) is 24.3 Å². The van der Waals surface area contributed by atoms with Gasteiger partial charge in [0.15, 0.2) is 11.6 Å². The van der Waals surface area contributed by atoms with E-state index in [0.29, 0.717) is 28.7 Å². The van der Waals surface area contributed by atoms with Crippen LogP contribution in [-0.4, -0.2) is 21.4 Å². The number of nitro groups is 2. The Bertz CT molecular complexity index is 1090. The fourth-order valence-electron chi connectivity index (χ4n) is 4.28. The molecule has 31 heavy (non-hydrogen) atoms. The molecule has 0 aliphatic heterocycles. The van der Waals surface area contributed by atoms with Crippen LogP contribution in [0.3, 0.4) is 0 Å². The number of hydrogen-bond acceptors (Lipinski definition) is 6. The van der Waals surface area contributed by atoms with Gasteiger partial charge in [0.1, 0.15) is 0 Å². The third kappa shape index (κ3) is 4.18. The van der Waals surface area contributed by atoms with Gasteiger partial charge in [0.05, 0.1) is 9.85 Å². The lowest BCUT2D eigenvalue weighted by Gasteiger charge is -2.35. The zero-order chi connectivity index (χ0) is 22.1. The SMILES string of the molecule is O=C1/C(=C/c2cccc([N+](=O)[O-])c2)CC2CC1C/C(=C\c1cccc([N+](=O)[O-])c1)C2=O.